The Morgan fingerprint density at radius 1 is 0.416 bits per heavy atom. The maximum atomic E-state index is 13.1. The van der Waals surface area contributed by atoms with Crippen molar-refractivity contribution in [3.63, 3.8) is 0 Å². The van der Waals surface area contributed by atoms with Crippen molar-refractivity contribution in [3.8, 4) is 0 Å². The number of esters is 3. The molecule has 12 nitrogen and oxygen atoms in total. The topological polar surface area (TPSA) is 175 Å². The lowest BCUT2D eigenvalue weighted by Crippen LogP contribution is -2.61. The SMILES string of the molecule is CCCC/C=C\CCCCCCCC(=O)OC(COC(=O)CCCCCCCCC/C=C\CCCCCCCC)COC1OC(C(=O)O)C(O)C(O)C1OC(=O)CCCCCCCCCCCCCCCCCCCCC. The van der Waals surface area contributed by atoms with Gasteiger partial charge < -0.3 is 39.0 Å². The molecule has 1 aliphatic heterocycles. The van der Waals surface area contributed by atoms with Gasteiger partial charge >= 0.3 is 23.9 Å². The highest BCUT2D eigenvalue weighted by Gasteiger charge is 2.50. The van der Waals surface area contributed by atoms with Gasteiger partial charge in [0.15, 0.2) is 24.6 Å². The monoisotopic (exact) mass is 1090 g/mol. The molecule has 12 heteroatoms. The van der Waals surface area contributed by atoms with E-state index in [4.69, 9.17) is 23.7 Å². The molecule has 0 amide bonds. The van der Waals surface area contributed by atoms with Crippen LogP contribution in [0.25, 0.3) is 0 Å². The van der Waals surface area contributed by atoms with Crippen molar-refractivity contribution in [2.75, 3.05) is 13.2 Å². The maximum Gasteiger partial charge on any atom is 0.335 e. The summed E-state index contributed by atoms with van der Waals surface area (Å²) in [4.78, 5) is 51.2. The highest BCUT2D eigenvalue weighted by molar-refractivity contribution is 5.74. The van der Waals surface area contributed by atoms with Crippen molar-refractivity contribution < 1.29 is 58.2 Å². The molecule has 1 saturated heterocycles. The molecule has 0 radical (unpaired) electrons. The van der Waals surface area contributed by atoms with Crippen LogP contribution in [0.15, 0.2) is 24.3 Å². The van der Waals surface area contributed by atoms with Gasteiger partial charge in [-0.15, -0.1) is 0 Å². The fourth-order valence-electron chi connectivity index (χ4n) is 9.99. The zero-order valence-electron chi connectivity index (χ0n) is 49.7. The standard InChI is InChI=1S/C65H118O12/c1-4-7-10-13-16-19-22-24-26-28-29-31-33-35-38-41-44-47-50-53-59(68)76-63-61(70)60(69)62(64(71)72)77-65(63)74-55-56(75-58(67)52-49-46-43-40-36-21-18-15-12-9-6-3)54-73-57(66)51-48-45-42-39-37-34-32-30-27-25-23-20-17-14-11-8-5-2/h15,18,25,27,56,60-63,65,69-70H,4-14,16-17,19-24,26,28-55H2,1-3H3,(H,71,72)/b18-15-,27-25-. The highest BCUT2D eigenvalue weighted by atomic mass is 16.7. The first kappa shape index (κ1) is 72.2. The van der Waals surface area contributed by atoms with Crippen molar-refractivity contribution in [2.45, 2.75) is 353 Å². The fraction of sp³-hybridized carbons (Fsp3) is 0.877. The summed E-state index contributed by atoms with van der Waals surface area (Å²) in [5.41, 5.74) is 0. The molecule has 0 aromatic rings. The van der Waals surface area contributed by atoms with E-state index in [0.29, 0.717) is 19.3 Å². The van der Waals surface area contributed by atoms with Gasteiger partial charge in [0.05, 0.1) is 6.61 Å². The number of carboxylic acids is 1. The summed E-state index contributed by atoms with van der Waals surface area (Å²) in [6.45, 7) is 5.99. The summed E-state index contributed by atoms with van der Waals surface area (Å²) in [5.74, 6) is -3.10. The molecule has 77 heavy (non-hydrogen) atoms. The predicted molar refractivity (Wildman–Crippen MR) is 313 cm³/mol. The summed E-state index contributed by atoms with van der Waals surface area (Å²) in [6, 6.07) is 0. The van der Waals surface area contributed by atoms with E-state index in [9.17, 15) is 34.5 Å². The Bertz CT molecular complexity index is 1430. The lowest BCUT2D eigenvalue weighted by Gasteiger charge is -2.40. The van der Waals surface area contributed by atoms with Crippen molar-refractivity contribution in [1.29, 1.82) is 0 Å². The molecule has 1 fully saturated rings. The molecule has 1 aliphatic rings. The molecule has 450 valence electrons. The minimum atomic E-state index is -1.90. The first-order valence-corrected chi connectivity index (χ1v) is 32.3. The first-order valence-electron chi connectivity index (χ1n) is 32.3. The minimum absolute atomic E-state index is 0.0663. The average Bonchev–Trinajstić information content (AvgIpc) is 3.41. The molecule has 6 unspecified atom stereocenters. The number of aliphatic hydroxyl groups is 2. The van der Waals surface area contributed by atoms with Gasteiger partial charge in [0, 0.05) is 19.3 Å². The normalized spacial score (nSPS) is 18.1. The van der Waals surface area contributed by atoms with Crippen LogP contribution in [-0.2, 0) is 42.9 Å². The van der Waals surface area contributed by atoms with E-state index >= 15 is 0 Å². The third-order valence-corrected chi connectivity index (χ3v) is 15.0. The fourth-order valence-corrected chi connectivity index (χ4v) is 9.99. The van der Waals surface area contributed by atoms with Crippen molar-refractivity contribution in [3.05, 3.63) is 24.3 Å². The number of aliphatic carboxylic acids is 1. The van der Waals surface area contributed by atoms with Crippen LogP contribution in [0.2, 0.25) is 0 Å². The molecule has 0 aromatic carbocycles. The number of ether oxygens (including phenoxy) is 5. The summed E-state index contributed by atoms with van der Waals surface area (Å²) < 4.78 is 28.5. The van der Waals surface area contributed by atoms with Gasteiger partial charge in [0.1, 0.15) is 18.8 Å². The number of carbonyl (C=O) groups excluding carboxylic acids is 3. The van der Waals surface area contributed by atoms with Gasteiger partial charge in [-0.25, -0.2) is 4.79 Å². The van der Waals surface area contributed by atoms with E-state index in [-0.39, 0.29) is 25.9 Å². The zero-order valence-corrected chi connectivity index (χ0v) is 49.7. The molecule has 1 heterocycles. The lowest BCUT2D eigenvalue weighted by atomic mass is 9.98. The number of carboxylic acid groups (broad SMARTS) is 1. The second-order valence-electron chi connectivity index (χ2n) is 22.4. The van der Waals surface area contributed by atoms with E-state index in [1.54, 1.807) is 0 Å². The Morgan fingerprint density at radius 3 is 1.14 bits per heavy atom. The van der Waals surface area contributed by atoms with Crippen LogP contribution in [0.5, 0.6) is 0 Å². The summed E-state index contributed by atoms with van der Waals surface area (Å²) >= 11 is 0. The van der Waals surface area contributed by atoms with Crippen LogP contribution < -0.4 is 0 Å². The highest BCUT2D eigenvalue weighted by Crippen LogP contribution is 2.27. The second kappa shape index (κ2) is 53.8. The number of hydrogen-bond acceptors (Lipinski definition) is 11. The number of carbonyl (C=O) groups is 4. The summed E-state index contributed by atoms with van der Waals surface area (Å²) in [6.07, 6.45) is 50.0. The van der Waals surface area contributed by atoms with Gasteiger partial charge in [-0.2, -0.15) is 0 Å². The van der Waals surface area contributed by atoms with Gasteiger partial charge in [-0.05, 0) is 64.2 Å². The van der Waals surface area contributed by atoms with Crippen molar-refractivity contribution in [1.82, 2.24) is 0 Å². The first-order chi connectivity index (χ1) is 37.6. The largest absolute Gasteiger partial charge is 0.479 e. The van der Waals surface area contributed by atoms with E-state index < -0.39 is 67.3 Å². The minimum Gasteiger partial charge on any atom is -0.479 e. The van der Waals surface area contributed by atoms with E-state index in [2.05, 4.69) is 45.1 Å². The lowest BCUT2D eigenvalue weighted by molar-refractivity contribution is -0.301. The Kier molecular flexibility index (Phi) is 50.5. The Balaban J connectivity index is 2.60. The molecule has 0 aliphatic carbocycles. The van der Waals surface area contributed by atoms with Gasteiger partial charge in [0.2, 0.25) is 0 Å². The van der Waals surface area contributed by atoms with Crippen LogP contribution >= 0.6 is 0 Å². The zero-order chi connectivity index (χ0) is 56.1. The van der Waals surface area contributed by atoms with Crippen molar-refractivity contribution >= 4 is 23.9 Å². The van der Waals surface area contributed by atoms with Crippen molar-refractivity contribution in [2.24, 2.45) is 0 Å². The number of aliphatic hydroxyl groups excluding tert-OH is 2. The maximum absolute atomic E-state index is 13.1. The number of unbranched alkanes of at least 4 members (excludes halogenated alkanes) is 38. The Morgan fingerprint density at radius 2 is 0.753 bits per heavy atom. The number of allylic oxidation sites excluding steroid dienone is 4. The molecule has 0 spiro atoms. The Hall–Kier alpha value is -2.80. The van der Waals surface area contributed by atoms with E-state index in [0.717, 1.165) is 83.5 Å². The average molecular weight is 1090 g/mol. The van der Waals surface area contributed by atoms with Gasteiger partial charge in [0.25, 0.3) is 0 Å². The molecule has 0 aromatic heterocycles. The second-order valence-corrected chi connectivity index (χ2v) is 22.4. The smallest absolute Gasteiger partial charge is 0.335 e. The van der Waals surface area contributed by atoms with Gasteiger partial charge in [-0.3, -0.25) is 14.4 Å². The van der Waals surface area contributed by atoms with Crippen LogP contribution in [0, 0.1) is 0 Å². The number of rotatable bonds is 56. The molecular weight excluding hydrogens is 973 g/mol. The number of hydrogen-bond donors (Lipinski definition) is 3. The van der Waals surface area contributed by atoms with Gasteiger partial charge in [-0.1, -0.05) is 257 Å². The summed E-state index contributed by atoms with van der Waals surface area (Å²) in [7, 11) is 0. The third-order valence-electron chi connectivity index (χ3n) is 15.0. The molecule has 3 N–H and O–H groups in total. The van der Waals surface area contributed by atoms with Crippen LogP contribution in [0.3, 0.4) is 0 Å². The quantitative estimate of drug-likeness (QED) is 0.0228. The Labute approximate surface area is 470 Å². The predicted octanol–water partition coefficient (Wildman–Crippen LogP) is 17.0. The molecular formula is C65H118O12. The van der Waals surface area contributed by atoms with Crippen LogP contribution in [0.4, 0.5) is 0 Å². The van der Waals surface area contributed by atoms with Crippen LogP contribution in [-0.4, -0.2) is 89.2 Å². The molecule has 1 rings (SSSR count). The van der Waals surface area contributed by atoms with E-state index in [1.165, 1.54) is 173 Å². The molecule has 6 atom stereocenters. The third kappa shape index (κ3) is 43.7. The van der Waals surface area contributed by atoms with Crippen LogP contribution in [0.1, 0.15) is 316 Å². The molecule has 0 bridgehead atoms. The molecule has 0 saturated carbocycles. The summed E-state index contributed by atoms with van der Waals surface area (Å²) in [5, 5.41) is 31.5. The van der Waals surface area contributed by atoms with E-state index in [1.807, 2.05) is 0 Å².